The molecule has 1 aliphatic rings. The summed E-state index contributed by atoms with van der Waals surface area (Å²) in [7, 11) is 0. The normalized spacial score (nSPS) is 16.7. The molecule has 0 aromatic heterocycles. The fourth-order valence-electron chi connectivity index (χ4n) is 2.48. The molecule has 1 unspecified atom stereocenters. The number of halogens is 1. The summed E-state index contributed by atoms with van der Waals surface area (Å²) >= 11 is 5.88. The maximum Gasteiger partial charge on any atom is 0.335 e. The zero-order valence-corrected chi connectivity index (χ0v) is 13.1. The Bertz CT molecular complexity index is 773. The lowest BCUT2D eigenvalue weighted by molar-refractivity contribution is -0.125. The number of rotatable bonds is 3. The molecule has 3 rings (SSSR count). The highest BCUT2D eigenvalue weighted by molar-refractivity contribution is 6.30. The number of carbonyl (C=O) groups excluding carboxylic acids is 1. The molecule has 0 saturated heterocycles. The van der Waals surface area contributed by atoms with Crippen LogP contribution < -0.4 is 9.64 Å². The molecule has 6 heteroatoms. The van der Waals surface area contributed by atoms with Crippen LogP contribution >= 0.6 is 11.6 Å². The maximum atomic E-state index is 12.4. The van der Waals surface area contributed by atoms with Crippen LogP contribution in [-0.2, 0) is 11.3 Å². The summed E-state index contributed by atoms with van der Waals surface area (Å²) in [6.45, 7) is 2.01. The Morgan fingerprint density at radius 2 is 1.96 bits per heavy atom. The van der Waals surface area contributed by atoms with Crippen LogP contribution in [-0.4, -0.2) is 23.1 Å². The van der Waals surface area contributed by atoms with Crippen molar-refractivity contribution < 1.29 is 19.4 Å². The third-order valence-corrected chi connectivity index (χ3v) is 3.92. The van der Waals surface area contributed by atoms with E-state index >= 15 is 0 Å². The number of amides is 1. The van der Waals surface area contributed by atoms with E-state index in [-0.39, 0.29) is 11.5 Å². The lowest BCUT2D eigenvalue weighted by Gasteiger charge is -2.33. The second-order valence-corrected chi connectivity index (χ2v) is 5.74. The largest absolute Gasteiger partial charge is 0.479 e. The predicted octanol–water partition coefficient (Wildman–Crippen LogP) is 3.35. The van der Waals surface area contributed by atoms with Gasteiger partial charge in [0.25, 0.3) is 5.91 Å². The average Bonchev–Trinajstić information content (AvgIpc) is 2.53. The lowest BCUT2D eigenvalue weighted by Crippen LogP contribution is -2.44. The average molecular weight is 332 g/mol. The Balaban J connectivity index is 1.98. The third-order valence-electron chi connectivity index (χ3n) is 3.67. The Morgan fingerprint density at radius 3 is 2.61 bits per heavy atom. The van der Waals surface area contributed by atoms with Crippen LogP contribution in [0, 0.1) is 0 Å². The van der Waals surface area contributed by atoms with Crippen molar-refractivity contribution in [3.8, 4) is 5.75 Å². The quantitative estimate of drug-likeness (QED) is 0.936. The van der Waals surface area contributed by atoms with E-state index in [2.05, 4.69) is 0 Å². The molecular weight excluding hydrogens is 318 g/mol. The SMILES string of the molecule is CC1Oc2cc(C(=O)O)ccc2N(Cc2ccc(Cl)cc2)C1=O. The molecule has 118 valence electrons. The summed E-state index contributed by atoms with van der Waals surface area (Å²) in [5.74, 6) is -0.813. The highest BCUT2D eigenvalue weighted by Crippen LogP contribution is 2.36. The molecule has 0 fully saturated rings. The molecule has 0 saturated carbocycles. The predicted molar refractivity (Wildman–Crippen MR) is 86.1 cm³/mol. The number of carboxylic acid groups (broad SMARTS) is 1. The Morgan fingerprint density at radius 1 is 1.26 bits per heavy atom. The van der Waals surface area contributed by atoms with Gasteiger partial charge in [-0.05, 0) is 42.8 Å². The van der Waals surface area contributed by atoms with E-state index in [1.54, 1.807) is 30.0 Å². The summed E-state index contributed by atoms with van der Waals surface area (Å²) in [6.07, 6.45) is -0.668. The van der Waals surface area contributed by atoms with E-state index in [1.807, 2.05) is 12.1 Å². The van der Waals surface area contributed by atoms with Gasteiger partial charge in [0.15, 0.2) is 6.10 Å². The minimum absolute atomic E-state index is 0.122. The molecular formula is C17H14ClNO4. The van der Waals surface area contributed by atoms with Gasteiger partial charge in [0.05, 0.1) is 17.8 Å². The second-order valence-electron chi connectivity index (χ2n) is 5.30. The van der Waals surface area contributed by atoms with Crippen molar-refractivity contribution in [3.63, 3.8) is 0 Å². The van der Waals surface area contributed by atoms with E-state index in [1.165, 1.54) is 12.1 Å². The molecule has 1 amide bonds. The highest BCUT2D eigenvalue weighted by Gasteiger charge is 2.32. The monoisotopic (exact) mass is 331 g/mol. The Labute approximate surface area is 138 Å². The number of hydrogen-bond donors (Lipinski definition) is 1. The number of anilines is 1. The van der Waals surface area contributed by atoms with Crippen LogP contribution in [0.5, 0.6) is 5.75 Å². The number of ether oxygens (including phenoxy) is 1. The van der Waals surface area contributed by atoms with Gasteiger partial charge in [-0.15, -0.1) is 0 Å². The van der Waals surface area contributed by atoms with Gasteiger partial charge < -0.3 is 14.7 Å². The van der Waals surface area contributed by atoms with Gasteiger partial charge in [-0.2, -0.15) is 0 Å². The first kappa shape index (κ1) is 15.4. The van der Waals surface area contributed by atoms with Crippen molar-refractivity contribution in [3.05, 3.63) is 58.6 Å². The van der Waals surface area contributed by atoms with Gasteiger partial charge in [0.2, 0.25) is 0 Å². The number of carbonyl (C=O) groups is 2. The fraction of sp³-hybridized carbons (Fsp3) is 0.176. The molecule has 23 heavy (non-hydrogen) atoms. The van der Waals surface area contributed by atoms with Gasteiger partial charge in [-0.3, -0.25) is 4.79 Å². The third kappa shape index (κ3) is 3.00. The van der Waals surface area contributed by atoms with E-state index in [0.717, 1.165) is 5.56 Å². The molecule has 2 aromatic rings. The first-order chi connectivity index (χ1) is 11.0. The molecule has 1 heterocycles. The standard InChI is InChI=1S/C17H14ClNO4/c1-10-16(20)19(9-11-2-5-13(18)6-3-11)14-7-4-12(17(21)22)8-15(14)23-10/h2-8,10H,9H2,1H3,(H,21,22). The minimum Gasteiger partial charge on any atom is -0.479 e. The summed E-state index contributed by atoms with van der Waals surface area (Å²) in [4.78, 5) is 25.1. The lowest BCUT2D eigenvalue weighted by atomic mass is 10.1. The molecule has 0 radical (unpaired) electrons. The number of benzene rings is 2. The number of hydrogen-bond acceptors (Lipinski definition) is 3. The molecule has 5 nitrogen and oxygen atoms in total. The molecule has 1 aliphatic heterocycles. The molecule has 0 aliphatic carbocycles. The summed E-state index contributed by atoms with van der Waals surface area (Å²) in [5, 5.41) is 9.71. The Hall–Kier alpha value is -2.53. The molecule has 1 atom stereocenters. The maximum absolute atomic E-state index is 12.4. The summed E-state index contributed by atoms with van der Waals surface area (Å²) in [6, 6.07) is 11.7. The topological polar surface area (TPSA) is 66.8 Å². The second kappa shape index (κ2) is 5.93. The number of fused-ring (bicyclic) bond motifs is 1. The van der Waals surface area contributed by atoms with Crippen molar-refractivity contribution in [2.24, 2.45) is 0 Å². The molecule has 1 N–H and O–H groups in total. The van der Waals surface area contributed by atoms with Crippen LogP contribution in [0.1, 0.15) is 22.8 Å². The molecule has 0 spiro atoms. The van der Waals surface area contributed by atoms with Gasteiger partial charge >= 0.3 is 5.97 Å². The van der Waals surface area contributed by atoms with Crippen LogP contribution in [0.15, 0.2) is 42.5 Å². The van der Waals surface area contributed by atoms with Crippen LogP contribution in [0.4, 0.5) is 5.69 Å². The van der Waals surface area contributed by atoms with Gasteiger partial charge in [-0.1, -0.05) is 23.7 Å². The van der Waals surface area contributed by atoms with Crippen LogP contribution in [0.25, 0.3) is 0 Å². The zero-order chi connectivity index (χ0) is 16.6. The van der Waals surface area contributed by atoms with E-state index in [0.29, 0.717) is 23.0 Å². The van der Waals surface area contributed by atoms with Gasteiger partial charge in [-0.25, -0.2) is 4.79 Å². The Kier molecular flexibility index (Phi) is 3.96. The van der Waals surface area contributed by atoms with Crippen molar-refractivity contribution in [2.75, 3.05) is 4.90 Å². The highest BCUT2D eigenvalue weighted by atomic mass is 35.5. The smallest absolute Gasteiger partial charge is 0.335 e. The number of carboxylic acids is 1. The molecule has 2 aromatic carbocycles. The van der Waals surface area contributed by atoms with Gasteiger partial charge in [0.1, 0.15) is 5.75 Å². The summed E-state index contributed by atoms with van der Waals surface area (Å²) < 4.78 is 5.55. The number of aromatic carboxylic acids is 1. The minimum atomic E-state index is -1.04. The van der Waals surface area contributed by atoms with E-state index in [9.17, 15) is 9.59 Å². The van der Waals surface area contributed by atoms with Crippen LogP contribution in [0.2, 0.25) is 5.02 Å². The van der Waals surface area contributed by atoms with Crippen molar-refractivity contribution in [2.45, 2.75) is 19.6 Å². The fourth-order valence-corrected chi connectivity index (χ4v) is 2.61. The van der Waals surface area contributed by atoms with E-state index < -0.39 is 12.1 Å². The first-order valence-corrected chi connectivity index (χ1v) is 7.43. The zero-order valence-electron chi connectivity index (χ0n) is 12.3. The van der Waals surface area contributed by atoms with E-state index in [4.69, 9.17) is 21.4 Å². The summed E-state index contributed by atoms with van der Waals surface area (Å²) in [5.41, 5.74) is 1.61. The van der Waals surface area contributed by atoms with Crippen molar-refractivity contribution >= 4 is 29.2 Å². The van der Waals surface area contributed by atoms with Crippen molar-refractivity contribution in [1.29, 1.82) is 0 Å². The van der Waals surface area contributed by atoms with Gasteiger partial charge in [0, 0.05) is 5.02 Å². The van der Waals surface area contributed by atoms with Crippen molar-refractivity contribution in [1.82, 2.24) is 0 Å². The first-order valence-electron chi connectivity index (χ1n) is 7.05. The van der Waals surface area contributed by atoms with Crippen LogP contribution in [0.3, 0.4) is 0 Å². The molecule has 0 bridgehead atoms. The number of nitrogens with zero attached hydrogens (tertiary/aromatic N) is 1.